The predicted octanol–water partition coefficient (Wildman–Crippen LogP) is 1.11. The number of alkyl halides is 6. The number of nitrogens with zero attached hydrogens (tertiary/aromatic N) is 2. The predicted molar refractivity (Wildman–Crippen MR) is 34.6 cm³/mol. The molecule has 0 radical (unpaired) electrons. The molecule has 1 aromatic heterocycles. The standard InChI is InChI=1S/C4HF6N3O2S.Sc/c5-3(6,7)1-11-2(13-12-1)16(14,15)4(8,9)10;/h(H,11,12,13);/q;+3. The molecule has 5 nitrogen and oxygen atoms in total. The number of halogens is 6. The Morgan fingerprint density at radius 3 is 1.82 bits per heavy atom. The summed E-state index contributed by atoms with van der Waals surface area (Å²) in [5.41, 5.74) is -5.75. The Bertz CT molecular complexity index is 490. The van der Waals surface area contributed by atoms with Crippen molar-refractivity contribution in [3.8, 4) is 0 Å². The fraction of sp³-hybridized carbons (Fsp3) is 0.500. The molecule has 0 fully saturated rings. The van der Waals surface area contributed by atoms with Crippen molar-refractivity contribution in [2.45, 2.75) is 16.8 Å². The van der Waals surface area contributed by atoms with Crippen molar-refractivity contribution in [2.75, 3.05) is 0 Å². The van der Waals surface area contributed by atoms with Gasteiger partial charge >= 0.3 is 47.4 Å². The molecule has 1 rings (SSSR count). The van der Waals surface area contributed by atoms with Gasteiger partial charge in [0.25, 0.3) is 5.16 Å². The van der Waals surface area contributed by atoms with Crippen LogP contribution >= 0.6 is 0 Å². The van der Waals surface area contributed by atoms with Gasteiger partial charge in [-0.15, -0.1) is 5.10 Å². The van der Waals surface area contributed by atoms with Crippen LogP contribution in [0.15, 0.2) is 5.16 Å². The molecule has 0 bridgehead atoms. The van der Waals surface area contributed by atoms with Gasteiger partial charge in [-0.1, -0.05) is 0 Å². The van der Waals surface area contributed by atoms with E-state index in [9.17, 15) is 34.8 Å². The van der Waals surface area contributed by atoms with Gasteiger partial charge in [-0.25, -0.2) is 8.42 Å². The van der Waals surface area contributed by atoms with Crippen LogP contribution in [0.3, 0.4) is 0 Å². The number of aromatic nitrogens is 3. The molecule has 0 unspecified atom stereocenters. The molecule has 0 spiro atoms. The van der Waals surface area contributed by atoms with E-state index in [0.29, 0.717) is 0 Å². The maximum atomic E-state index is 11.9. The first-order valence-electron chi connectivity index (χ1n) is 3.27. The SMILES string of the molecule is O=S(=O)(c1n[nH]c(C(F)(F)F)n1)C(F)(F)F.[Sc+3]. The number of hydrogen-bond acceptors (Lipinski definition) is 4. The van der Waals surface area contributed by atoms with Gasteiger partial charge in [-0.3, -0.25) is 5.10 Å². The summed E-state index contributed by atoms with van der Waals surface area (Å²) in [6, 6.07) is 0. The molecule has 0 atom stereocenters. The molecule has 0 saturated heterocycles. The molecular weight excluding hydrogens is 313 g/mol. The maximum absolute atomic E-state index is 11.9. The van der Waals surface area contributed by atoms with Gasteiger partial charge in [0, 0.05) is 0 Å². The Kier molecular flexibility index (Phi) is 4.54. The summed E-state index contributed by atoms with van der Waals surface area (Å²) in [6.07, 6.45) is -5.10. The number of nitrogens with one attached hydrogen (secondary N) is 1. The van der Waals surface area contributed by atoms with Crippen LogP contribution in [0.25, 0.3) is 0 Å². The summed E-state index contributed by atoms with van der Waals surface area (Å²) in [5, 5.41) is 1.45. The van der Waals surface area contributed by atoms with Crippen LogP contribution in [-0.4, -0.2) is 29.1 Å². The van der Waals surface area contributed by atoms with Crippen LogP contribution in [-0.2, 0) is 41.9 Å². The van der Waals surface area contributed by atoms with Crippen molar-refractivity contribution in [2.24, 2.45) is 0 Å². The van der Waals surface area contributed by atoms with Gasteiger partial charge in [-0.2, -0.15) is 31.3 Å². The van der Waals surface area contributed by atoms with E-state index in [1.54, 1.807) is 0 Å². The zero-order valence-corrected chi connectivity index (χ0v) is 10.1. The normalized spacial score (nSPS) is 13.3. The third-order valence-corrected chi connectivity index (χ3v) is 2.55. The van der Waals surface area contributed by atoms with Crippen molar-refractivity contribution in [1.82, 2.24) is 15.2 Å². The fourth-order valence-electron chi connectivity index (χ4n) is 0.597. The second-order valence-corrected chi connectivity index (χ2v) is 4.25. The average molecular weight is 314 g/mol. The first kappa shape index (κ1) is 16.5. The quantitative estimate of drug-likeness (QED) is 0.788. The number of hydrogen-bond donors (Lipinski definition) is 1. The van der Waals surface area contributed by atoms with Gasteiger partial charge in [-0.05, 0) is 0 Å². The Balaban J connectivity index is 0.00000256. The van der Waals surface area contributed by atoms with E-state index in [1.165, 1.54) is 0 Å². The fourth-order valence-corrected chi connectivity index (χ4v) is 1.18. The minimum absolute atomic E-state index is 0. The van der Waals surface area contributed by atoms with Crippen LogP contribution in [0, 0.1) is 0 Å². The van der Waals surface area contributed by atoms with E-state index in [-0.39, 0.29) is 25.8 Å². The first-order valence-corrected chi connectivity index (χ1v) is 4.75. The van der Waals surface area contributed by atoms with Gasteiger partial charge in [0.05, 0.1) is 0 Å². The Labute approximate surface area is 108 Å². The van der Waals surface area contributed by atoms with Crippen LogP contribution in [0.2, 0.25) is 0 Å². The van der Waals surface area contributed by atoms with E-state index in [4.69, 9.17) is 0 Å². The van der Waals surface area contributed by atoms with Crippen LogP contribution < -0.4 is 0 Å². The third kappa shape index (κ3) is 3.26. The van der Waals surface area contributed by atoms with Crippen LogP contribution in [0.1, 0.15) is 5.82 Å². The molecule has 0 aromatic carbocycles. The number of H-pyrrole nitrogens is 1. The van der Waals surface area contributed by atoms with Crippen LogP contribution in [0.5, 0.6) is 0 Å². The molecular formula is C4HF6N3O2SSc+3. The van der Waals surface area contributed by atoms with E-state index >= 15 is 0 Å². The second kappa shape index (κ2) is 4.66. The molecule has 1 heterocycles. The minimum atomic E-state index is -5.97. The molecule has 13 heteroatoms. The van der Waals surface area contributed by atoms with Crippen molar-refractivity contribution in [1.29, 1.82) is 0 Å². The van der Waals surface area contributed by atoms with Gasteiger partial charge < -0.3 is 0 Å². The molecule has 0 amide bonds. The van der Waals surface area contributed by atoms with Crippen molar-refractivity contribution < 1.29 is 60.6 Å². The second-order valence-electron chi connectivity index (χ2n) is 2.41. The summed E-state index contributed by atoms with van der Waals surface area (Å²) in [4.78, 5) is 2.22. The summed E-state index contributed by atoms with van der Waals surface area (Å²) in [6.45, 7) is 0. The molecule has 0 saturated carbocycles. The van der Waals surface area contributed by atoms with E-state index in [0.717, 1.165) is 5.10 Å². The number of aromatic amines is 1. The monoisotopic (exact) mass is 314 g/mol. The molecule has 92 valence electrons. The van der Waals surface area contributed by atoms with E-state index in [1.807, 2.05) is 0 Å². The summed E-state index contributed by atoms with van der Waals surface area (Å²) >= 11 is 0. The summed E-state index contributed by atoms with van der Waals surface area (Å²) < 4.78 is 92.3. The van der Waals surface area contributed by atoms with Gasteiger partial charge in [0.15, 0.2) is 0 Å². The molecule has 17 heavy (non-hydrogen) atoms. The van der Waals surface area contributed by atoms with Crippen molar-refractivity contribution in [3.05, 3.63) is 5.82 Å². The Morgan fingerprint density at radius 1 is 1.06 bits per heavy atom. The first-order chi connectivity index (χ1) is 6.96. The summed E-state index contributed by atoms with van der Waals surface area (Å²) in [5.74, 6) is -1.92. The molecule has 1 N–H and O–H groups in total. The van der Waals surface area contributed by atoms with E-state index in [2.05, 4.69) is 10.1 Å². The summed E-state index contributed by atoms with van der Waals surface area (Å²) in [7, 11) is -5.97. The topological polar surface area (TPSA) is 75.7 Å². The van der Waals surface area contributed by atoms with Gasteiger partial charge in [0.2, 0.25) is 5.82 Å². The third-order valence-electron chi connectivity index (χ3n) is 1.28. The Hall–Kier alpha value is -0.460. The average Bonchev–Trinajstić information content (AvgIpc) is 2.47. The molecule has 0 aliphatic carbocycles. The number of rotatable bonds is 1. The zero-order valence-electron chi connectivity index (χ0n) is 7.46. The van der Waals surface area contributed by atoms with E-state index < -0.39 is 32.5 Å². The zero-order chi connectivity index (χ0) is 12.8. The number of sulfone groups is 1. The van der Waals surface area contributed by atoms with Crippen molar-refractivity contribution >= 4 is 9.84 Å². The van der Waals surface area contributed by atoms with Gasteiger partial charge in [0.1, 0.15) is 0 Å². The minimum Gasteiger partial charge on any atom is -0.254 e. The maximum Gasteiger partial charge on any atom is 3.00 e. The largest absolute Gasteiger partial charge is 3.00 e. The van der Waals surface area contributed by atoms with Crippen molar-refractivity contribution in [3.63, 3.8) is 0 Å². The van der Waals surface area contributed by atoms with Crippen LogP contribution in [0.4, 0.5) is 26.3 Å². The molecule has 0 aliphatic heterocycles. The molecule has 1 aromatic rings. The smallest absolute Gasteiger partial charge is 0.254 e. The molecule has 0 aliphatic rings. The Morgan fingerprint density at radius 2 is 1.53 bits per heavy atom.